The highest BCUT2D eigenvalue weighted by Gasteiger charge is 2.48. The first-order chi connectivity index (χ1) is 7.97. The van der Waals surface area contributed by atoms with E-state index >= 15 is 0 Å². The van der Waals surface area contributed by atoms with Crippen LogP contribution in [0.25, 0.3) is 0 Å². The maximum atomic E-state index is 11.5. The average Bonchev–Trinajstić information content (AvgIpc) is 2.30. The molecule has 0 saturated carbocycles. The molecule has 1 aliphatic heterocycles. The number of hydrogen-bond acceptors (Lipinski definition) is 3. The number of nitrogens with zero attached hydrogens (tertiary/aromatic N) is 1. The highest BCUT2D eigenvalue weighted by molar-refractivity contribution is 5.81. The van der Waals surface area contributed by atoms with Crippen molar-refractivity contribution in [3.05, 3.63) is 0 Å². The predicted molar refractivity (Wildman–Crippen MR) is 62.6 cm³/mol. The second-order valence-electron chi connectivity index (χ2n) is 4.84. The lowest BCUT2D eigenvalue weighted by atomic mass is 9.82. The van der Waals surface area contributed by atoms with Crippen LogP contribution in [0.15, 0.2) is 0 Å². The summed E-state index contributed by atoms with van der Waals surface area (Å²) in [5.41, 5.74) is -1.09. The Hall–Kier alpha value is -1.10. The van der Waals surface area contributed by atoms with Gasteiger partial charge in [-0.3, -0.25) is 4.79 Å². The molecule has 0 aromatic carbocycles. The first kappa shape index (κ1) is 14.0. The van der Waals surface area contributed by atoms with Crippen molar-refractivity contribution in [1.82, 2.24) is 4.90 Å². The molecular weight excluding hydrogens is 222 g/mol. The smallest absolute Gasteiger partial charge is 0.329 e. The van der Waals surface area contributed by atoms with Crippen LogP contribution in [0.3, 0.4) is 0 Å². The molecule has 1 fully saturated rings. The maximum absolute atomic E-state index is 11.5. The van der Waals surface area contributed by atoms with Gasteiger partial charge in [-0.25, -0.2) is 4.79 Å². The van der Waals surface area contributed by atoms with Crippen molar-refractivity contribution >= 4 is 12.4 Å². The summed E-state index contributed by atoms with van der Waals surface area (Å²) in [6, 6.07) is 0. The van der Waals surface area contributed by atoms with Gasteiger partial charge < -0.3 is 14.7 Å². The molecule has 1 N–H and O–H groups in total. The minimum Gasteiger partial charge on any atom is -0.479 e. The van der Waals surface area contributed by atoms with Crippen molar-refractivity contribution in [2.24, 2.45) is 5.92 Å². The Balaban J connectivity index is 2.98. The van der Waals surface area contributed by atoms with Crippen LogP contribution < -0.4 is 0 Å². The van der Waals surface area contributed by atoms with Crippen molar-refractivity contribution in [3.63, 3.8) is 0 Å². The fourth-order valence-electron chi connectivity index (χ4n) is 2.36. The van der Waals surface area contributed by atoms with Gasteiger partial charge in [-0.2, -0.15) is 0 Å². The summed E-state index contributed by atoms with van der Waals surface area (Å²) < 4.78 is 5.58. The molecule has 2 atom stereocenters. The van der Waals surface area contributed by atoms with Gasteiger partial charge in [-0.05, 0) is 12.8 Å². The molecule has 0 spiro atoms. The van der Waals surface area contributed by atoms with Crippen molar-refractivity contribution in [2.45, 2.75) is 45.3 Å². The number of carboxylic acid groups (broad SMARTS) is 1. The van der Waals surface area contributed by atoms with Gasteiger partial charge in [0.05, 0.1) is 6.10 Å². The maximum Gasteiger partial charge on any atom is 0.329 e. The fourth-order valence-corrected chi connectivity index (χ4v) is 2.36. The third-order valence-electron chi connectivity index (χ3n) is 3.55. The van der Waals surface area contributed by atoms with Crippen molar-refractivity contribution < 1.29 is 19.4 Å². The quantitative estimate of drug-likeness (QED) is 0.735. The van der Waals surface area contributed by atoms with E-state index in [1.54, 1.807) is 6.92 Å². The number of carbonyl (C=O) groups excluding carboxylic acids is 1. The van der Waals surface area contributed by atoms with E-state index in [0.717, 1.165) is 0 Å². The van der Waals surface area contributed by atoms with E-state index < -0.39 is 11.5 Å². The molecule has 98 valence electrons. The molecule has 0 aromatic heterocycles. The minimum absolute atomic E-state index is 0.103. The van der Waals surface area contributed by atoms with E-state index in [2.05, 4.69) is 0 Å². The molecule has 1 heterocycles. The third kappa shape index (κ3) is 2.60. The average molecular weight is 243 g/mol. The van der Waals surface area contributed by atoms with Crippen molar-refractivity contribution in [2.75, 3.05) is 13.2 Å². The van der Waals surface area contributed by atoms with Crippen LogP contribution in [0.5, 0.6) is 0 Å². The second kappa shape index (κ2) is 5.49. The van der Waals surface area contributed by atoms with Crippen LogP contribution >= 0.6 is 0 Å². The number of ether oxygens (including phenoxy) is 1. The molecule has 1 saturated heterocycles. The Morgan fingerprint density at radius 1 is 1.65 bits per heavy atom. The van der Waals surface area contributed by atoms with Crippen LogP contribution in [0.4, 0.5) is 0 Å². The predicted octanol–water partition coefficient (Wildman–Crippen LogP) is 1.12. The zero-order valence-corrected chi connectivity index (χ0v) is 10.7. The van der Waals surface area contributed by atoms with Crippen LogP contribution in [0, 0.1) is 5.92 Å². The Bertz CT molecular complexity index is 292. The monoisotopic (exact) mass is 243 g/mol. The zero-order chi connectivity index (χ0) is 13.1. The number of amides is 1. The molecule has 1 aliphatic rings. The van der Waals surface area contributed by atoms with Crippen LogP contribution in [0.2, 0.25) is 0 Å². The molecule has 2 unspecified atom stereocenters. The number of likely N-dealkylation sites (N-methyl/N-ethyl adjacent to an activating group) is 1. The van der Waals surface area contributed by atoms with E-state index in [-0.39, 0.29) is 12.0 Å². The first-order valence-electron chi connectivity index (χ1n) is 6.05. The molecule has 5 heteroatoms. The molecular formula is C12H21NO4. The van der Waals surface area contributed by atoms with Gasteiger partial charge in [-0.15, -0.1) is 0 Å². The van der Waals surface area contributed by atoms with Gasteiger partial charge in [0.1, 0.15) is 5.54 Å². The van der Waals surface area contributed by atoms with E-state index in [1.165, 1.54) is 4.90 Å². The number of aliphatic carboxylic acids is 1. The lowest BCUT2D eigenvalue weighted by Gasteiger charge is -2.44. The molecule has 5 nitrogen and oxygen atoms in total. The number of carbonyl (C=O) groups is 2. The summed E-state index contributed by atoms with van der Waals surface area (Å²) in [5.74, 6) is -0.681. The van der Waals surface area contributed by atoms with Gasteiger partial charge >= 0.3 is 5.97 Å². The van der Waals surface area contributed by atoms with Crippen molar-refractivity contribution in [1.29, 1.82) is 0 Å². The molecule has 17 heavy (non-hydrogen) atoms. The summed E-state index contributed by atoms with van der Waals surface area (Å²) in [7, 11) is 0. The first-order valence-corrected chi connectivity index (χ1v) is 6.05. The second-order valence-corrected chi connectivity index (χ2v) is 4.84. The number of hydrogen-bond donors (Lipinski definition) is 1. The fraction of sp³-hybridized carbons (Fsp3) is 0.833. The highest BCUT2D eigenvalue weighted by Crippen LogP contribution is 2.33. The molecule has 0 bridgehead atoms. The summed E-state index contributed by atoms with van der Waals surface area (Å²) in [5, 5.41) is 9.46. The lowest BCUT2D eigenvalue weighted by molar-refractivity contribution is -0.168. The van der Waals surface area contributed by atoms with Crippen LogP contribution in [-0.4, -0.2) is 47.2 Å². The van der Waals surface area contributed by atoms with E-state index in [9.17, 15) is 14.7 Å². The summed E-state index contributed by atoms with van der Waals surface area (Å²) >= 11 is 0. The van der Waals surface area contributed by atoms with Crippen molar-refractivity contribution in [3.8, 4) is 0 Å². The van der Waals surface area contributed by atoms with Crippen LogP contribution in [-0.2, 0) is 14.3 Å². The standard InChI is InChI=1S/C12H21NO4/c1-4-13(8-14)12(11(15)16)5-6-17-10(7-12)9(2)3/h8-10H,4-7H2,1-3H3,(H,15,16). The summed E-state index contributed by atoms with van der Waals surface area (Å²) in [4.78, 5) is 24.0. The van der Waals surface area contributed by atoms with E-state index in [4.69, 9.17) is 4.74 Å². The largest absolute Gasteiger partial charge is 0.479 e. The third-order valence-corrected chi connectivity index (χ3v) is 3.55. The Morgan fingerprint density at radius 3 is 2.71 bits per heavy atom. The minimum atomic E-state index is -1.09. The molecule has 1 rings (SSSR count). The van der Waals surface area contributed by atoms with Gasteiger partial charge in [-0.1, -0.05) is 13.8 Å². The summed E-state index contributed by atoms with van der Waals surface area (Å²) in [6.45, 7) is 6.58. The van der Waals surface area contributed by atoms with Gasteiger partial charge in [0.25, 0.3) is 0 Å². The van der Waals surface area contributed by atoms with Crippen LogP contribution in [0.1, 0.15) is 33.6 Å². The Kier molecular flexibility index (Phi) is 4.51. The Morgan fingerprint density at radius 2 is 2.29 bits per heavy atom. The van der Waals surface area contributed by atoms with Gasteiger partial charge in [0, 0.05) is 26.0 Å². The topological polar surface area (TPSA) is 66.8 Å². The van der Waals surface area contributed by atoms with Gasteiger partial charge in [0.2, 0.25) is 6.41 Å². The highest BCUT2D eigenvalue weighted by atomic mass is 16.5. The molecule has 0 radical (unpaired) electrons. The normalized spacial score (nSPS) is 29.1. The lowest BCUT2D eigenvalue weighted by Crippen LogP contribution is -2.59. The van der Waals surface area contributed by atoms with Gasteiger partial charge in [0.15, 0.2) is 0 Å². The number of carboxylic acids is 1. The van der Waals surface area contributed by atoms with E-state index in [1.807, 2.05) is 13.8 Å². The zero-order valence-electron chi connectivity index (χ0n) is 10.7. The molecule has 1 amide bonds. The number of rotatable bonds is 5. The molecule has 0 aromatic rings. The summed E-state index contributed by atoms with van der Waals surface area (Å²) in [6.07, 6.45) is 1.26. The van der Waals surface area contributed by atoms with E-state index in [0.29, 0.717) is 32.4 Å². The molecule has 0 aliphatic carbocycles. The Labute approximate surface area is 102 Å². The SMILES string of the molecule is CCN(C=O)C1(C(=O)O)CCOC(C(C)C)C1.